The summed E-state index contributed by atoms with van der Waals surface area (Å²) in [4.78, 5) is 12.1. The van der Waals surface area contributed by atoms with Gasteiger partial charge in [0, 0.05) is 13.1 Å². The number of methoxy groups -OCH3 is 1. The molecular weight excluding hydrogens is 272 g/mol. The summed E-state index contributed by atoms with van der Waals surface area (Å²) < 4.78 is 14.0. The lowest BCUT2D eigenvalue weighted by Crippen LogP contribution is -2.34. The summed E-state index contributed by atoms with van der Waals surface area (Å²) >= 11 is 0. The number of hydrogen-bond donors (Lipinski definition) is 1. The molecule has 0 atom stereocenters. The Morgan fingerprint density at radius 3 is 2.90 bits per heavy atom. The first-order chi connectivity index (χ1) is 10.3. The van der Waals surface area contributed by atoms with Crippen LogP contribution in [0, 0.1) is 0 Å². The smallest absolute Gasteiger partial charge is 0.346 e. The molecule has 0 amide bonds. The van der Waals surface area contributed by atoms with E-state index in [1.54, 1.807) is 11.7 Å². The standard InChI is InChI=1S/C14H18N4O3/c1-20-11-4-2-3-5-12(11)21-9-8-18-14(19)17-7-6-15-10-13(17)16-18/h2-5,15H,6-10H2,1H3. The maximum absolute atomic E-state index is 12.1. The molecule has 0 saturated heterocycles. The predicted octanol–water partition coefficient (Wildman–Crippen LogP) is 0.236. The normalized spacial score (nSPS) is 13.8. The highest BCUT2D eigenvalue weighted by atomic mass is 16.5. The largest absolute Gasteiger partial charge is 0.493 e. The summed E-state index contributed by atoms with van der Waals surface area (Å²) in [7, 11) is 1.60. The molecule has 1 aromatic carbocycles. The van der Waals surface area contributed by atoms with E-state index in [4.69, 9.17) is 9.47 Å². The fourth-order valence-electron chi connectivity index (χ4n) is 2.36. The van der Waals surface area contributed by atoms with E-state index >= 15 is 0 Å². The molecule has 1 aromatic heterocycles. The number of ether oxygens (including phenoxy) is 2. The first-order valence-electron chi connectivity index (χ1n) is 6.92. The van der Waals surface area contributed by atoms with Crippen LogP contribution < -0.4 is 20.5 Å². The number of hydrogen-bond acceptors (Lipinski definition) is 5. The van der Waals surface area contributed by atoms with Crippen molar-refractivity contribution in [2.24, 2.45) is 0 Å². The van der Waals surface area contributed by atoms with Gasteiger partial charge in [0.2, 0.25) is 0 Å². The van der Waals surface area contributed by atoms with E-state index in [1.807, 2.05) is 24.3 Å². The molecule has 0 unspecified atom stereocenters. The average molecular weight is 290 g/mol. The molecule has 0 spiro atoms. The van der Waals surface area contributed by atoms with Crippen LogP contribution in [0.25, 0.3) is 0 Å². The molecule has 0 fully saturated rings. The molecule has 1 N–H and O–H groups in total. The molecule has 3 rings (SSSR count). The van der Waals surface area contributed by atoms with Gasteiger partial charge < -0.3 is 14.8 Å². The highest BCUT2D eigenvalue weighted by Crippen LogP contribution is 2.25. The van der Waals surface area contributed by atoms with E-state index in [9.17, 15) is 4.79 Å². The molecule has 0 bridgehead atoms. The van der Waals surface area contributed by atoms with Gasteiger partial charge in [0.1, 0.15) is 12.4 Å². The van der Waals surface area contributed by atoms with Gasteiger partial charge in [-0.2, -0.15) is 5.10 Å². The molecule has 1 aliphatic rings. The summed E-state index contributed by atoms with van der Waals surface area (Å²) in [5, 5.41) is 7.51. The van der Waals surface area contributed by atoms with E-state index in [0.29, 0.717) is 37.7 Å². The predicted molar refractivity (Wildman–Crippen MR) is 76.7 cm³/mol. The number of para-hydroxylation sites is 2. The summed E-state index contributed by atoms with van der Waals surface area (Å²) in [5.41, 5.74) is -0.0740. The molecule has 1 aliphatic heterocycles. The highest BCUT2D eigenvalue weighted by Gasteiger charge is 2.16. The van der Waals surface area contributed by atoms with Crippen molar-refractivity contribution in [1.82, 2.24) is 19.7 Å². The van der Waals surface area contributed by atoms with Crippen LogP contribution in [0.1, 0.15) is 5.82 Å². The second-order valence-electron chi connectivity index (χ2n) is 4.75. The Hall–Kier alpha value is -2.28. The van der Waals surface area contributed by atoms with Crippen molar-refractivity contribution >= 4 is 0 Å². The summed E-state index contributed by atoms with van der Waals surface area (Å²) in [6.45, 7) is 2.88. The van der Waals surface area contributed by atoms with E-state index in [-0.39, 0.29) is 5.69 Å². The SMILES string of the molecule is COc1ccccc1OCCn1nc2n(c1=O)CCNC2. The van der Waals surface area contributed by atoms with Crippen molar-refractivity contribution in [3.05, 3.63) is 40.6 Å². The second kappa shape index (κ2) is 6.01. The topological polar surface area (TPSA) is 70.3 Å². The molecule has 0 saturated carbocycles. The van der Waals surface area contributed by atoms with Gasteiger partial charge in [0.05, 0.1) is 20.2 Å². The van der Waals surface area contributed by atoms with Gasteiger partial charge in [0.15, 0.2) is 11.5 Å². The van der Waals surface area contributed by atoms with Gasteiger partial charge in [-0.1, -0.05) is 12.1 Å². The minimum Gasteiger partial charge on any atom is -0.493 e. The number of aromatic nitrogens is 3. The Balaban J connectivity index is 1.66. The van der Waals surface area contributed by atoms with Crippen molar-refractivity contribution in [3.63, 3.8) is 0 Å². The van der Waals surface area contributed by atoms with Crippen LogP contribution in [0.5, 0.6) is 11.5 Å². The maximum atomic E-state index is 12.1. The lowest BCUT2D eigenvalue weighted by molar-refractivity contribution is 0.272. The zero-order valence-electron chi connectivity index (χ0n) is 11.9. The number of rotatable bonds is 5. The zero-order valence-corrected chi connectivity index (χ0v) is 11.9. The highest BCUT2D eigenvalue weighted by molar-refractivity contribution is 5.39. The zero-order chi connectivity index (χ0) is 14.7. The van der Waals surface area contributed by atoms with Gasteiger partial charge in [0.25, 0.3) is 0 Å². The van der Waals surface area contributed by atoms with Crippen molar-refractivity contribution in [1.29, 1.82) is 0 Å². The van der Waals surface area contributed by atoms with Crippen LogP contribution in [0.3, 0.4) is 0 Å². The molecule has 7 nitrogen and oxygen atoms in total. The Bertz CT molecular complexity index is 677. The number of fused-ring (bicyclic) bond motifs is 1. The van der Waals surface area contributed by atoms with Crippen LogP contribution in [0.4, 0.5) is 0 Å². The molecule has 21 heavy (non-hydrogen) atoms. The Kier molecular flexibility index (Phi) is 3.92. The van der Waals surface area contributed by atoms with Gasteiger partial charge in [-0.15, -0.1) is 0 Å². The molecule has 7 heteroatoms. The fraction of sp³-hybridized carbons (Fsp3) is 0.429. The van der Waals surface area contributed by atoms with Crippen LogP contribution in [0.2, 0.25) is 0 Å². The Morgan fingerprint density at radius 1 is 1.33 bits per heavy atom. The Labute approximate surface area is 122 Å². The van der Waals surface area contributed by atoms with E-state index in [0.717, 1.165) is 12.4 Å². The van der Waals surface area contributed by atoms with E-state index in [1.165, 1.54) is 4.68 Å². The third-order valence-electron chi connectivity index (χ3n) is 3.42. The quantitative estimate of drug-likeness (QED) is 0.854. The average Bonchev–Trinajstić information content (AvgIpc) is 2.85. The van der Waals surface area contributed by atoms with Crippen LogP contribution in [-0.4, -0.2) is 34.6 Å². The van der Waals surface area contributed by atoms with Crippen LogP contribution in [-0.2, 0) is 19.6 Å². The minimum atomic E-state index is -0.0740. The maximum Gasteiger partial charge on any atom is 0.346 e. The van der Waals surface area contributed by atoms with E-state index < -0.39 is 0 Å². The lowest BCUT2D eigenvalue weighted by atomic mass is 10.3. The van der Waals surface area contributed by atoms with Gasteiger partial charge in [-0.3, -0.25) is 4.57 Å². The number of nitrogens with one attached hydrogen (secondary N) is 1. The number of benzene rings is 1. The number of nitrogens with zero attached hydrogens (tertiary/aromatic N) is 3. The third kappa shape index (κ3) is 2.78. The minimum absolute atomic E-state index is 0.0740. The van der Waals surface area contributed by atoms with Gasteiger partial charge in [-0.25, -0.2) is 9.48 Å². The second-order valence-corrected chi connectivity index (χ2v) is 4.75. The molecule has 112 valence electrons. The third-order valence-corrected chi connectivity index (χ3v) is 3.42. The molecular formula is C14H18N4O3. The summed E-state index contributed by atoms with van der Waals surface area (Å²) in [6.07, 6.45) is 0. The first-order valence-corrected chi connectivity index (χ1v) is 6.92. The Morgan fingerprint density at radius 2 is 2.14 bits per heavy atom. The molecule has 2 aromatic rings. The van der Waals surface area contributed by atoms with Crippen molar-refractivity contribution in [2.75, 3.05) is 20.3 Å². The monoisotopic (exact) mass is 290 g/mol. The fourth-order valence-corrected chi connectivity index (χ4v) is 2.36. The molecule has 2 heterocycles. The van der Waals surface area contributed by atoms with Crippen molar-refractivity contribution in [3.8, 4) is 11.5 Å². The van der Waals surface area contributed by atoms with Crippen molar-refractivity contribution < 1.29 is 9.47 Å². The first kappa shape index (κ1) is 13.7. The molecule has 0 aliphatic carbocycles. The summed E-state index contributed by atoms with van der Waals surface area (Å²) in [5.74, 6) is 2.13. The van der Waals surface area contributed by atoms with Crippen LogP contribution >= 0.6 is 0 Å². The summed E-state index contributed by atoms with van der Waals surface area (Å²) in [6, 6.07) is 7.43. The van der Waals surface area contributed by atoms with Gasteiger partial charge in [-0.05, 0) is 12.1 Å². The van der Waals surface area contributed by atoms with Crippen LogP contribution in [0.15, 0.2) is 29.1 Å². The van der Waals surface area contributed by atoms with Gasteiger partial charge >= 0.3 is 5.69 Å². The molecule has 0 radical (unpaired) electrons. The lowest BCUT2D eigenvalue weighted by Gasteiger charge is -2.11. The van der Waals surface area contributed by atoms with Crippen molar-refractivity contribution in [2.45, 2.75) is 19.6 Å². The van der Waals surface area contributed by atoms with E-state index in [2.05, 4.69) is 10.4 Å².